The average molecular weight is 447 g/mol. The first kappa shape index (κ1) is 23.4. The molecule has 2 N–H and O–H groups in total. The zero-order valence-corrected chi connectivity index (χ0v) is 18.8. The molecule has 0 saturated carbocycles. The third-order valence-electron chi connectivity index (χ3n) is 5.04. The smallest absolute Gasteiger partial charge is 0.248 e. The summed E-state index contributed by atoms with van der Waals surface area (Å²) >= 11 is 0. The monoisotopic (exact) mass is 447 g/mol. The van der Waals surface area contributed by atoms with E-state index in [1.165, 1.54) is 20.3 Å². The lowest BCUT2D eigenvalue weighted by Gasteiger charge is -2.11. The molecule has 170 valence electrons. The lowest BCUT2D eigenvalue weighted by molar-refractivity contribution is 0.103. The number of carbonyl (C=O) groups is 1. The summed E-state index contributed by atoms with van der Waals surface area (Å²) in [5, 5.41) is 11.0. The Hall–Kier alpha value is -4.26. The number of fused-ring (bicyclic) bond motifs is 1. The van der Waals surface area contributed by atoms with Gasteiger partial charge in [0.15, 0.2) is 0 Å². The van der Waals surface area contributed by atoms with E-state index in [0.29, 0.717) is 17.1 Å². The van der Waals surface area contributed by atoms with E-state index in [9.17, 15) is 14.7 Å². The molecule has 33 heavy (non-hydrogen) atoms. The van der Waals surface area contributed by atoms with Crippen LogP contribution < -0.4 is 19.8 Å². The van der Waals surface area contributed by atoms with Gasteiger partial charge < -0.3 is 24.3 Å². The number of phenols is 1. The van der Waals surface area contributed by atoms with E-state index in [1.807, 2.05) is 31.2 Å². The minimum absolute atomic E-state index is 0.0977. The van der Waals surface area contributed by atoms with Crippen LogP contribution in [-0.4, -0.2) is 37.2 Å². The van der Waals surface area contributed by atoms with Crippen molar-refractivity contribution in [1.29, 1.82) is 0 Å². The van der Waals surface area contributed by atoms with Crippen molar-refractivity contribution in [3.63, 3.8) is 0 Å². The Labute approximate surface area is 191 Å². The molecule has 0 aliphatic heterocycles. The second-order valence-electron chi connectivity index (χ2n) is 7.12. The topological polar surface area (TPSA) is 97.8 Å². The summed E-state index contributed by atoms with van der Waals surface area (Å²) in [5.41, 5.74) is 2.25. The van der Waals surface area contributed by atoms with E-state index in [4.69, 9.17) is 14.2 Å². The van der Waals surface area contributed by atoms with Crippen LogP contribution in [0.1, 0.15) is 21.5 Å². The zero-order valence-electron chi connectivity index (χ0n) is 18.8. The third kappa shape index (κ3) is 5.15. The molecule has 0 bridgehead atoms. The summed E-state index contributed by atoms with van der Waals surface area (Å²) in [6.07, 6.45) is 0. The second kappa shape index (κ2) is 10.4. The van der Waals surface area contributed by atoms with E-state index >= 15 is 0 Å². The molecule has 7 nitrogen and oxygen atoms in total. The minimum atomic E-state index is -0.294. The molecule has 4 rings (SSSR count). The Morgan fingerprint density at radius 1 is 0.848 bits per heavy atom. The van der Waals surface area contributed by atoms with Gasteiger partial charge in [0, 0.05) is 29.1 Å². The van der Waals surface area contributed by atoms with Crippen LogP contribution in [0.4, 0.5) is 0 Å². The van der Waals surface area contributed by atoms with Crippen LogP contribution in [-0.2, 0) is 0 Å². The van der Waals surface area contributed by atoms with Crippen molar-refractivity contribution in [1.82, 2.24) is 4.98 Å². The third-order valence-corrected chi connectivity index (χ3v) is 5.04. The molecule has 0 saturated heterocycles. The number of aromatic amines is 1. The van der Waals surface area contributed by atoms with E-state index in [1.54, 1.807) is 43.5 Å². The molecule has 0 aliphatic carbocycles. The number of hydrogen-bond acceptors (Lipinski definition) is 6. The fraction of sp³-hybridized carbons (Fsp3) is 0.154. The molecule has 0 unspecified atom stereocenters. The number of ketones is 1. The van der Waals surface area contributed by atoms with Gasteiger partial charge in [-0.1, -0.05) is 42.5 Å². The van der Waals surface area contributed by atoms with E-state index in [2.05, 4.69) is 4.98 Å². The minimum Gasteiger partial charge on any atom is -0.507 e. The number of nitrogens with one attached hydrogen (secondary N) is 1. The molecule has 1 heterocycles. The molecule has 7 heteroatoms. The van der Waals surface area contributed by atoms with Crippen molar-refractivity contribution in [3.8, 4) is 23.0 Å². The summed E-state index contributed by atoms with van der Waals surface area (Å²) in [6.45, 7) is 1.91. The first-order valence-electron chi connectivity index (χ1n) is 10.1. The lowest BCUT2D eigenvalue weighted by Crippen LogP contribution is -2.05. The average Bonchev–Trinajstić information content (AvgIpc) is 2.83. The number of rotatable bonds is 5. The van der Waals surface area contributed by atoms with Crippen molar-refractivity contribution in [2.45, 2.75) is 6.92 Å². The summed E-state index contributed by atoms with van der Waals surface area (Å²) in [5.74, 6) is 0.954. The normalized spacial score (nSPS) is 10.2. The summed E-state index contributed by atoms with van der Waals surface area (Å²) in [4.78, 5) is 26.4. The highest BCUT2D eigenvalue weighted by Gasteiger charge is 2.20. The number of hydrogen-bond donors (Lipinski definition) is 2. The van der Waals surface area contributed by atoms with Gasteiger partial charge in [0.25, 0.3) is 0 Å². The van der Waals surface area contributed by atoms with Gasteiger partial charge in [-0.15, -0.1) is 0 Å². The van der Waals surface area contributed by atoms with E-state index in [-0.39, 0.29) is 28.4 Å². The number of aromatic hydroxyl groups is 1. The molecule has 3 aromatic carbocycles. The highest BCUT2D eigenvalue weighted by Crippen LogP contribution is 2.34. The highest BCUT2D eigenvalue weighted by atomic mass is 16.5. The van der Waals surface area contributed by atoms with Crippen LogP contribution in [0, 0.1) is 6.92 Å². The van der Waals surface area contributed by atoms with Crippen molar-refractivity contribution >= 4 is 16.7 Å². The molecular weight excluding hydrogens is 422 g/mol. The van der Waals surface area contributed by atoms with Gasteiger partial charge in [0.1, 0.15) is 28.6 Å². The molecule has 4 aromatic rings. The van der Waals surface area contributed by atoms with Gasteiger partial charge in [-0.2, -0.15) is 0 Å². The van der Waals surface area contributed by atoms with E-state index < -0.39 is 0 Å². The number of carbonyl (C=O) groups excluding carboxylic acids is 1. The van der Waals surface area contributed by atoms with Crippen molar-refractivity contribution in [2.75, 3.05) is 21.3 Å². The molecule has 0 fully saturated rings. The number of pyridine rings is 1. The number of benzene rings is 3. The van der Waals surface area contributed by atoms with Crippen molar-refractivity contribution < 1.29 is 24.1 Å². The number of phenolic OH excluding ortho intramolecular Hbond substituents is 1. The fourth-order valence-corrected chi connectivity index (χ4v) is 3.41. The maximum absolute atomic E-state index is 12.4. The number of methoxy groups -OCH3 is 3. The highest BCUT2D eigenvalue weighted by molar-refractivity contribution is 6.12. The largest absolute Gasteiger partial charge is 0.507 e. The standard InChI is InChI=1S/C15H14O4.C11H11NO2/c1-18-11-8-12(16)14(13(9-11)19-2)15(17)10-6-4-3-5-7-10;1-7-6-10(13)12-11-8(7)4-3-5-9(11)14-2/h3-9,16H,1-2H3;3-6H,1-2H3,(H,12,13). The Morgan fingerprint density at radius 3 is 2.18 bits per heavy atom. The van der Waals surface area contributed by atoms with Gasteiger partial charge in [0.2, 0.25) is 11.3 Å². The summed E-state index contributed by atoms with van der Waals surface area (Å²) < 4.78 is 15.3. The number of para-hydroxylation sites is 1. The maximum atomic E-state index is 12.4. The molecule has 0 spiro atoms. The van der Waals surface area contributed by atoms with Crippen LogP contribution in [0.3, 0.4) is 0 Å². The second-order valence-corrected chi connectivity index (χ2v) is 7.12. The molecule has 0 aliphatic rings. The molecular formula is C26H25NO6. The predicted molar refractivity (Wildman–Crippen MR) is 127 cm³/mol. The van der Waals surface area contributed by atoms with Gasteiger partial charge in [-0.05, 0) is 18.6 Å². The predicted octanol–water partition coefficient (Wildman–Crippen LogP) is 4.49. The van der Waals surface area contributed by atoms with Crippen LogP contribution in [0.15, 0.2) is 71.5 Å². The number of ether oxygens (including phenoxy) is 3. The Bertz CT molecular complexity index is 1330. The molecule has 0 atom stereocenters. The quantitative estimate of drug-likeness (QED) is 0.438. The first-order chi connectivity index (χ1) is 15.9. The maximum Gasteiger partial charge on any atom is 0.248 e. The van der Waals surface area contributed by atoms with Crippen LogP contribution in [0.5, 0.6) is 23.0 Å². The number of H-pyrrole nitrogens is 1. The van der Waals surface area contributed by atoms with Crippen LogP contribution >= 0.6 is 0 Å². The van der Waals surface area contributed by atoms with E-state index in [0.717, 1.165) is 16.5 Å². The molecule has 0 radical (unpaired) electrons. The van der Waals surface area contributed by atoms with Gasteiger partial charge in [0.05, 0.1) is 26.8 Å². The molecule has 0 amide bonds. The summed E-state index contributed by atoms with van der Waals surface area (Å²) in [6, 6.07) is 19.0. The first-order valence-corrected chi connectivity index (χ1v) is 10.1. The van der Waals surface area contributed by atoms with Crippen LogP contribution in [0.25, 0.3) is 10.9 Å². The van der Waals surface area contributed by atoms with Gasteiger partial charge >= 0.3 is 0 Å². The Morgan fingerprint density at radius 2 is 1.55 bits per heavy atom. The SMILES string of the molecule is COc1cc(O)c(C(=O)c2ccccc2)c(OC)c1.COc1cccc2c(C)cc(=O)[nH]c12. The lowest BCUT2D eigenvalue weighted by atomic mass is 10.0. The number of aromatic nitrogens is 1. The van der Waals surface area contributed by atoms with Crippen molar-refractivity contribution in [3.05, 3.63) is 93.8 Å². The Kier molecular flexibility index (Phi) is 7.35. The Balaban J connectivity index is 0.000000194. The summed E-state index contributed by atoms with van der Waals surface area (Å²) in [7, 11) is 4.51. The van der Waals surface area contributed by atoms with Gasteiger partial charge in [-0.3, -0.25) is 9.59 Å². The molecule has 1 aromatic heterocycles. The van der Waals surface area contributed by atoms with Gasteiger partial charge in [-0.25, -0.2) is 0 Å². The van der Waals surface area contributed by atoms with Crippen LogP contribution in [0.2, 0.25) is 0 Å². The van der Waals surface area contributed by atoms with Crippen molar-refractivity contribution in [2.24, 2.45) is 0 Å². The zero-order chi connectivity index (χ0) is 24.0. The number of aryl methyl sites for hydroxylation is 1. The fourth-order valence-electron chi connectivity index (χ4n) is 3.41.